The van der Waals surface area contributed by atoms with Gasteiger partial charge in [0.2, 0.25) is 5.91 Å². The lowest BCUT2D eigenvalue weighted by Gasteiger charge is -2.33. The lowest BCUT2D eigenvalue weighted by molar-refractivity contribution is -0.132. The minimum atomic E-state index is 0.310. The van der Waals surface area contributed by atoms with Crippen LogP contribution in [0.15, 0.2) is 12.2 Å². The second-order valence-electron chi connectivity index (χ2n) is 6.58. The molecule has 2 heterocycles. The number of likely N-dealkylation sites (tertiary alicyclic amines) is 1. The fraction of sp³-hybridized carbons (Fsp3) is 0.824. The molecule has 1 amide bonds. The fourth-order valence-corrected chi connectivity index (χ4v) is 3.71. The predicted octanol–water partition coefficient (Wildman–Crippen LogP) is 2.20. The Balaban J connectivity index is 1.60. The average Bonchev–Trinajstić information content (AvgIpc) is 3.21. The maximum absolute atomic E-state index is 12.5. The third-order valence-corrected chi connectivity index (χ3v) is 4.96. The molecule has 3 aliphatic rings. The maximum atomic E-state index is 12.5. The largest absolute Gasteiger partial charge is 0.377 e. The van der Waals surface area contributed by atoms with Gasteiger partial charge >= 0.3 is 0 Å². The van der Waals surface area contributed by atoms with Gasteiger partial charge in [-0.25, -0.2) is 0 Å². The zero-order valence-corrected chi connectivity index (χ0v) is 13.0. The number of ether oxygens (including phenoxy) is 1. The van der Waals surface area contributed by atoms with Crippen LogP contribution in [0.3, 0.4) is 0 Å². The molecule has 0 saturated carbocycles. The van der Waals surface area contributed by atoms with Crippen LogP contribution in [-0.4, -0.2) is 60.6 Å². The number of hydrogen-bond acceptors (Lipinski definition) is 3. The minimum absolute atomic E-state index is 0.310. The molecule has 0 N–H and O–H groups in total. The van der Waals surface area contributed by atoms with E-state index in [-0.39, 0.29) is 0 Å². The molecule has 2 atom stereocenters. The van der Waals surface area contributed by atoms with Gasteiger partial charge in [0, 0.05) is 32.3 Å². The second-order valence-corrected chi connectivity index (χ2v) is 6.58. The first kappa shape index (κ1) is 15.0. The number of amides is 1. The van der Waals surface area contributed by atoms with Gasteiger partial charge in [-0.2, -0.15) is 0 Å². The molecule has 1 aliphatic carbocycles. The molecule has 0 aromatic heterocycles. The highest BCUT2D eigenvalue weighted by Crippen LogP contribution is 2.21. The van der Waals surface area contributed by atoms with Gasteiger partial charge in [-0.1, -0.05) is 12.2 Å². The van der Waals surface area contributed by atoms with Gasteiger partial charge in [-0.05, 0) is 44.9 Å². The maximum Gasteiger partial charge on any atom is 0.236 e. The van der Waals surface area contributed by atoms with Crippen molar-refractivity contribution < 1.29 is 9.53 Å². The smallest absolute Gasteiger partial charge is 0.236 e. The molecule has 0 aromatic carbocycles. The molecule has 21 heavy (non-hydrogen) atoms. The second kappa shape index (κ2) is 7.41. The monoisotopic (exact) mass is 292 g/mol. The zero-order valence-electron chi connectivity index (χ0n) is 13.0. The molecule has 118 valence electrons. The minimum Gasteiger partial charge on any atom is -0.377 e. The molecule has 0 spiro atoms. The van der Waals surface area contributed by atoms with E-state index < -0.39 is 0 Å². The Hall–Kier alpha value is -0.870. The van der Waals surface area contributed by atoms with Crippen molar-refractivity contribution in [1.82, 2.24) is 9.80 Å². The summed E-state index contributed by atoms with van der Waals surface area (Å²) in [6.07, 6.45) is 13.1. The predicted molar refractivity (Wildman–Crippen MR) is 83.1 cm³/mol. The van der Waals surface area contributed by atoms with Crippen molar-refractivity contribution in [2.45, 2.75) is 57.1 Å². The molecule has 2 saturated heterocycles. The van der Waals surface area contributed by atoms with Crippen LogP contribution in [0.2, 0.25) is 0 Å². The van der Waals surface area contributed by atoms with Crippen molar-refractivity contribution in [1.29, 1.82) is 0 Å². The summed E-state index contributed by atoms with van der Waals surface area (Å²) in [5, 5.41) is 0. The van der Waals surface area contributed by atoms with E-state index in [2.05, 4.69) is 17.1 Å². The van der Waals surface area contributed by atoms with Crippen LogP contribution in [0.5, 0.6) is 0 Å². The Kier molecular flexibility index (Phi) is 5.31. The fourth-order valence-electron chi connectivity index (χ4n) is 3.71. The Labute approximate surface area is 128 Å². The molecule has 0 bridgehead atoms. The number of carbonyl (C=O) groups excluding carboxylic acids is 1. The Bertz CT molecular complexity index is 371. The highest BCUT2D eigenvalue weighted by molar-refractivity contribution is 5.78. The zero-order chi connectivity index (χ0) is 14.5. The summed E-state index contributed by atoms with van der Waals surface area (Å²) in [5.74, 6) is 0.310. The van der Waals surface area contributed by atoms with E-state index >= 15 is 0 Å². The molecule has 4 nitrogen and oxygen atoms in total. The van der Waals surface area contributed by atoms with Crippen LogP contribution >= 0.6 is 0 Å². The molecule has 0 aromatic rings. The van der Waals surface area contributed by atoms with Crippen molar-refractivity contribution in [3.8, 4) is 0 Å². The van der Waals surface area contributed by atoms with Crippen molar-refractivity contribution in [2.75, 3.05) is 32.8 Å². The van der Waals surface area contributed by atoms with E-state index in [1.54, 1.807) is 0 Å². The quantitative estimate of drug-likeness (QED) is 0.728. The van der Waals surface area contributed by atoms with Gasteiger partial charge in [0.15, 0.2) is 0 Å². The summed E-state index contributed by atoms with van der Waals surface area (Å²) < 4.78 is 5.79. The number of rotatable bonds is 5. The third kappa shape index (κ3) is 4.07. The molecule has 2 fully saturated rings. The summed E-state index contributed by atoms with van der Waals surface area (Å²) in [4.78, 5) is 16.9. The number of allylic oxidation sites excluding steroid dienone is 1. The van der Waals surface area contributed by atoms with E-state index in [9.17, 15) is 4.79 Å². The normalized spacial score (nSPS) is 29.5. The third-order valence-electron chi connectivity index (χ3n) is 4.96. The van der Waals surface area contributed by atoms with Gasteiger partial charge in [0.25, 0.3) is 0 Å². The van der Waals surface area contributed by atoms with Crippen molar-refractivity contribution in [3.05, 3.63) is 12.2 Å². The Morgan fingerprint density at radius 3 is 2.71 bits per heavy atom. The number of nitrogens with zero attached hydrogens (tertiary/aromatic N) is 2. The van der Waals surface area contributed by atoms with E-state index in [1.165, 1.54) is 38.5 Å². The molecule has 2 aliphatic heterocycles. The van der Waals surface area contributed by atoms with Crippen LogP contribution in [0, 0.1) is 0 Å². The molecular formula is C17H28N2O2. The topological polar surface area (TPSA) is 32.8 Å². The molecular weight excluding hydrogens is 264 g/mol. The highest BCUT2D eigenvalue weighted by atomic mass is 16.5. The van der Waals surface area contributed by atoms with E-state index in [0.29, 0.717) is 24.6 Å². The summed E-state index contributed by atoms with van der Waals surface area (Å²) in [6.45, 7) is 4.27. The standard InChI is InChI=1S/C17H28N2O2/c20-17(18-10-4-5-11-18)14-19(13-16-9-6-12-21-16)15-7-2-1-3-8-15/h2,7,15-16H,1,3-6,8-14H2/t15-,16-/m1/s1. The molecule has 0 unspecified atom stereocenters. The SMILES string of the molecule is O=C(CN(C[C@H]1CCCO1)[C@@H]1C=CCCC1)N1CCCC1. The van der Waals surface area contributed by atoms with E-state index in [0.717, 1.165) is 32.7 Å². The number of hydrogen-bond donors (Lipinski definition) is 0. The highest BCUT2D eigenvalue weighted by Gasteiger charge is 2.28. The van der Waals surface area contributed by atoms with Crippen LogP contribution < -0.4 is 0 Å². The van der Waals surface area contributed by atoms with Gasteiger partial charge in [0.05, 0.1) is 12.6 Å². The van der Waals surface area contributed by atoms with Gasteiger partial charge < -0.3 is 9.64 Å². The van der Waals surface area contributed by atoms with E-state index in [4.69, 9.17) is 4.74 Å². The summed E-state index contributed by atoms with van der Waals surface area (Å²) >= 11 is 0. The van der Waals surface area contributed by atoms with E-state index in [1.807, 2.05) is 4.90 Å². The first-order chi connectivity index (χ1) is 10.3. The van der Waals surface area contributed by atoms with Crippen LogP contribution in [0.1, 0.15) is 44.9 Å². The summed E-state index contributed by atoms with van der Waals surface area (Å²) in [6, 6.07) is 0.425. The Morgan fingerprint density at radius 2 is 2.05 bits per heavy atom. The number of carbonyl (C=O) groups is 1. The van der Waals surface area contributed by atoms with Crippen molar-refractivity contribution in [3.63, 3.8) is 0 Å². The lowest BCUT2D eigenvalue weighted by Crippen LogP contribution is -2.46. The van der Waals surface area contributed by atoms with Crippen molar-refractivity contribution in [2.24, 2.45) is 0 Å². The molecule has 3 rings (SSSR count). The van der Waals surface area contributed by atoms with Crippen LogP contribution in [0.4, 0.5) is 0 Å². The van der Waals surface area contributed by atoms with Crippen LogP contribution in [0.25, 0.3) is 0 Å². The summed E-state index contributed by atoms with van der Waals surface area (Å²) in [7, 11) is 0. The molecule has 0 radical (unpaired) electrons. The van der Waals surface area contributed by atoms with Gasteiger partial charge in [0.1, 0.15) is 0 Å². The Morgan fingerprint density at radius 1 is 1.19 bits per heavy atom. The van der Waals surface area contributed by atoms with Gasteiger partial charge in [-0.3, -0.25) is 9.69 Å². The van der Waals surface area contributed by atoms with Crippen molar-refractivity contribution >= 4 is 5.91 Å². The summed E-state index contributed by atoms with van der Waals surface area (Å²) in [5.41, 5.74) is 0. The first-order valence-corrected chi connectivity index (χ1v) is 8.63. The first-order valence-electron chi connectivity index (χ1n) is 8.63. The average molecular weight is 292 g/mol. The lowest BCUT2D eigenvalue weighted by atomic mass is 10.0. The molecule has 4 heteroatoms. The van der Waals surface area contributed by atoms with Crippen LogP contribution in [-0.2, 0) is 9.53 Å². The van der Waals surface area contributed by atoms with Gasteiger partial charge in [-0.15, -0.1) is 0 Å².